The molecular weight excluding hydrogens is 502 g/mol. The summed E-state index contributed by atoms with van der Waals surface area (Å²) in [6.07, 6.45) is -3.26. The molecule has 5 nitrogen and oxygen atoms in total. The number of carbonyl (C=O) groups excluding carboxylic acids is 2. The minimum absolute atomic E-state index is 0.0550. The number of hydrogen-bond acceptors (Lipinski definition) is 3. The lowest BCUT2D eigenvalue weighted by atomic mass is 9.93. The molecule has 1 saturated carbocycles. The Morgan fingerprint density at radius 3 is 2.17 bits per heavy atom. The Kier molecular flexibility index (Phi) is 8.40. The summed E-state index contributed by atoms with van der Waals surface area (Å²) < 4.78 is 38.9. The van der Waals surface area contributed by atoms with Crippen LogP contribution in [0.25, 0.3) is 0 Å². The van der Waals surface area contributed by atoms with Crippen LogP contribution in [0.4, 0.5) is 13.2 Å². The number of alkyl halides is 3. The SMILES string of the molecule is CN(C)CCN(C)C(=O)C(Cc1ccc(C(F)(F)F)cc1)NC(=O)C1(c2ccc(Cl)cc2Cl)CC1. The van der Waals surface area contributed by atoms with Crippen molar-refractivity contribution in [2.24, 2.45) is 0 Å². The molecule has 2 aromatic rings. The molecule has 0 radical (unpaired) electrons. The molecule has 190 valence electrons. The molecular formula is C25H28Cl2F3N3O2. The van der Waals surface area contributed by atoms with Gasteiger partial charge in [-0.2, -0.15) is 13.2 Å². The highest BCUT2D eigenvalue weighted by Crippen LogP contribution is 2.51. The minimum atomic E-state index is -4.45. The van der Waals surface area contributed by atoms with Gasteiger partial charge in [0, 0.05) is 36.6 Å². The molecule has 2 amide bonds. The molecule has 0 saturated heterocycles. The van der Waals surface area contributed by atoms with Gasteiger partial charge >= 0.3 is 6.18 Å². The van der Waals surface area contributed by atoms with Crippen molar-refractivity contribution in [3.8, 4) is 0 Å². The van der Waals surface area contributed by atoms with E-state index in [9.17, 15) is 22.8 Å². The highest BCUT2D eigenvalue weighted by Gasteiger charge is 2.53. The van der Waals surface area contributed by atoms with E-state index in [0.717, 1.165) is 12.1 Å². The first-order valence-electron chi connectivity index (χ1n) is 11.2. The lowest BCUT2D eigenvalue weighted by molar-refractivity contribution is -0.137. The van der Waals surface area contributed by atoms with E-state index >= 15 is 0 Å². The third kappa shape index (κ3) is 6.68. The number of nitrogens with one attached hydrogen (secondary N) is 1. The summed E-state index contributed by atoms with van der Waals surface area (Å²) in [5, 5.41) is 3.69. The maximum Gasteiger partial charge on any atom is 0.416 e. The Morgan fingerprint density at radius 2 is 1.66 bits per heavy atom. The third-order valence-corrected chi connectivity index (χ3v) is 6.76. The van der Waals surface area contributed by atoms with Gasteiger partial charge in [-0.15, -0.1) is 0 Å². The lowest BCUT2D eigenvalue weighted by Crippen LogP contribution is -2.52. The van der Waals surface area contributed by atoms with E-state index in [1.54, 1.807) is 25.2 Å². The van der Waals surface area contributed by atoms with Crippen LogP contribution in [0.15, 0.2) is 42.5 Å². The van der Waals surface area contributed by atoms with Gasteiger partial charge in [0.05, 0.1) is 11.0 Å². The molecule has 2 aromatic carbocycles. The van der Waals surface area contributed by atoms with E-state index < -0.39 is 23.2 Å². The monoisotopic (exact) mass is 529 g/mol. The molecule has 1 N–H and O–H groups in total. The van der Waals surface area contributed by atoms with Gasteiger partial charge in [-0.25, -0.2) is 0 Å². The molecule has 1 atom stereocenters. The van der Waals surface area contributed by atoms with E-state index in [1.165, 1.54) is 17.0 Å². The van der Waals surface area contributed by atoms with Crippen LogP contribution in [0.2, 0.25) is 10.0 Å². The van der Waals surface area contributed by atoms with Crippen LogP contribution < -0.4 is 5.32 Å². The molecule has 35 heavy (non-hydrogen) atoms. The number of amides is 2. The Hall–Kier alpha value is -2.29. The van der Waals surface area contributed by atoms with Crippen LogP contribution in [-0.4, -0.2) is 61.9 Å². The third-order valence-electron chi connectivity index (χ3n) is 6.21. The molecule has 1 aliphatic carbocycles. The van der Waals surface area contributed by atoms with Crippen LogP contribution in [0.5, 0.6) is 0 Å². The van der Waals surface area contributed by atoms with Crippen LogP contribution in [0.1, 0.15) is 29.5 Å². The van der Waals surface area contributed by atoms with Gasteiger partial charge in [0.25, 0.3) is 0 Å². The summed E-state index contributed by atoms with van der Waals surface area (Å²) in [6.45, 7) is 1.05. The normalized spacial score (nSPS) is 15.6. The second kappa shape index (κ2) is 10.8. The second-order valence-corrected chi connectivity index (χ2v) is 10.0. The highest BCUT2D eigenvalue weighted by atomic mass is 35.5. The molecule has 0 aliphatic heterocycles. The molecule has 0 heterocycles. The Balaban J connectivity index is 1.83. The van der Waals surface area contributed by atoms with E-state index in [-0.39, 0.29) is 18.2 Å². The van der Waals surface area contributed by atoms with Crippen molar-refractivity contribution in [3.63, 3.8) is 0 Å². The van der Waals surface area contributed by atoms with Crippen molar-refractivity contribution in [3.05, 3.63) is 69.2 Å². The zero-order valence-electron chi connectivity index (χ0n) is 19.8. The number of hydrogen-bond donors (Lipinski definition) is 1. The number of carbonyl (C=O) groups is 2. The minimum Gasteiger partial charge on any atom is -0.343 e. The average Bonchev–Trinajstić information content (AvgIpc) is 3.58. The smallest absolute Gasteiger partial charge is 0.343 e. The number of likely N-dealkylation sites (N-methyl/N-ethyl adjacent to an activating group) is 2. The highest BCUT2D eigenvalue weighted by molar-refractivity contribution is 6.35. The van der Waals surface area contributed by atoms with Crippen LogP contribution in [0, 0.1) is 0 Å². The number of benzene rings is 2. The number of nitrogens with zero attached hydrogens (tertiary/aromatic N) is 2. The van der Waals surface area contributed by atoms with Gasteiger partial charge in [0.15, 0.2) is 0 Å². The van der Waals surface area contributed by atoms with Gasteiger partial charge in [-0.3, -0.25) is 9.59 Å². The van der Waals surface area contributed by atoms with Crippen molar-refractivity contribution in [1.29, 1.82) is 0 Å². The lowest BCUT2D eigenvalue weighted by Gasteiger charge is -2.28. The van der Waals surface area contributed by atoms with E-state index in [2.05, 4.69) is 5.32 Å². The number of rotatable bonds is 9. The second-order valence-electron chi connectivity index (χ2n) is 9.19. The van der Waals surface area contributed by atoms with E-state index in [1.807, 2.05) is 19.0 Å². The first-order valence-corrected chi connectivity index (χ1v) is 11.9. The van der Waals surface area contributed by atoms with Gasteiger partial charge in [-0.05, 0) is 62.3 Å². The molecule has 10 heteroatoms. The van der Waals surface area contributed by atoms with Crippen LogP contribution in [0.3, 0.4) is 0 Å². The van der Waals surface area contributed by atoms with Crippen LogP contribution in [-0.2, 0) is 27.6 Å². The molecule has 0 aromatic heterocycles. The first-order chi connectivity index (χ1) is 16.3. The number of halogens is 5. The molecule has 1 fully saturated rings. The first kappa shape index (κ1) is 27.3. The Labute approximate surface area is 213 Å². The van der Waals surface area contributed by atoms with Gasteiger partial charge in [-0.1, -0.05) is 41.4 Å². The average molecular weight is 530 g/mol. The Morgan fingerprint density at radius 1 is 1.03 bits per heavy atom. The summed E-state index contributed by atoms with van der Waals surface area (Å²) in [5.74, 6) is -0.661. The van der Waals surface area contributed by atoms with E-state index in [0.29, 0.717) is 47.1 Å². The molecule has 1 aliphatic rings. The van der Waals surface area contributed by atoms with Crippen molar-refractivity contribution in [2.75, 3.05) is 34.2 Å². The Bertz CT molecular complexity index is 1070. The largest absolute Gasteiger partial charge is 0.416 e. The van der Waals surface area contributed by atoms with Crippen molar-refractivity contribution in [2.45, 2.75) is 36.9 Å². The zero-order chi connectivity index (χ0) is 26.0. The quantitative estimate of drug-likeness (QED) is 0.508. The molecule has 0 bridgehead atoms. The van der Waals surface area contributed by atoms with Crippen molar-refractivity contribution >= 4 is 35.0 Å². The van der Waals surface area contributed by atoms with Crippen molar-refractivity contribution < 1.29 is 22.8 Å². The van der Waals surface area contributed by atoms with Crippen molar-refractivity contribution in [1.82, 2.24) is 15.1 Å². The maximum absolute atomic E-state index is 13.4. The van der Waals surface area contributed by atoms with Crippen LogP contribution >= 0.6 is 23.2 Å². The van der Waals surface area contributed by atoms with Gasteiger partial charge in [0.1, 0.15) is 6.04 Å². The van der Waals surface area contributed by atoms with Gasteiger partial charge in [0.2, 0.25) is 11.8 Å². The summed E-state index contributed by atoms with van der Waals surface area (Å²) in [5.41, 5.74) is -0.483. The molecule has 1 unspecified atom stereocenters. The topological polar surface area (TPSA) is 52.6 Å². The fraction of sp³-hybridized carbons (Fsp3) is 0.440. The summed E-state index contributed by atoms with van der Waals surface area (Å²) in [7, 11) is 5.40. The predicted octanol–water partition coefficient (Wildman–Crippen LogP) is 4.79. The molecule has 3 rings (SSSR count). The summed E-state index contributed by atoms with van der Waals surface area (Å²) in [4.78, 5) is 30.1. The molecule has 0 spiro atoms. The van der Waals surface area contributed by atoms with Gasteiger partial charge < -0.3 is 15.1 Å². The fourth-order valence-electron chi connectivity index (χ4n) is 3.91. The fourth-order valence-corrected chi connectivity index (χ4v) is 4.50. The van der Waals surface area contributed by atoms with E-state index in [4.69, 9.17) is 23.2 Å². The summed E-state index contributed by atoms with van der Waals surface area (Å²) in [6, 6.07) is 8.62. The predicted molar refractivity (Wildman–Crippen MR) is 131 cm³/mol. The maximum atomic E-state index is 13.4. The summed E-state index contributed by atoms with van der Waals surface area (Å²) >= 11 is 12.4. The standard InChI is InChI=1S/C25H28Cl2F3N3O2/c1-32(2)12-13-33(3)22(34)21(14-16-4-6-17(7-5-16)25(28,29)30)31-23(35)24(10-11-24)19-9-8-18(26)15-20(19)27/h4-9,15,21H,10-14H2,1-3H3,(H,31,35). The zero-order valence-corrected chi connectivity index (χ0v) is 21.3.